The molecular weight excluding hydrogens is 226 g/mol. The van der Waals surface area contributed by atoms with E-state index in [1.165, 1.54) is 10.6 Å². The molecule has 2 aromatic heterocycles. The Balaban J connectivity index is 2.02. The Labute approximate surface area is 96.2 Å². The van der Waals surface area contributed by atoms with Gasteiger partial charge in [0.1, 0.15) is 10.7 Å². The number of fused-ring (bicyclic) bond motifs is 1. The smallest absolute Gasteiger partial charge is 0.143 e. The number of hydrogen-bond donors (Lipinski definition) is 1. The summed E-state index contributed by atoms with van der Waals surface area (Å²) in [4.78, 5) is 10.5. The minimum atomic E-state index is 0.968. The van der Waals surface area contributed by atoms with Crippen molar-refractivity contribution in [2.75, 3.05) is 6.54 Å². The molecule has 1 aliphatic rings. The van der Waals surface area contributed by atoms with Crippen LogP contribution in [0.4, 0.5) is 0 Å². The maximum Gasteiger partial charge on any atom is 0.143 e. The van der Waals surface area contributed by atoms with Gasteiger partial charge in [0, 0.05) is 29.8 Å². The fourth-order valence-electron chi connectivity index (χ4n) is 1.70. The third kappa shape index (κ3) is 1.71. The second kappa shape index (κ2) is 3.66. The van der Waals surface area contributed by atoms with Crippen LogP contribution in [-0.2, 0) is 13.0 Å². The van der Waals surface area contributed by atoms with Crippen molar-refractivity contribution in [2.24, 2.45) is 0 Å². The summed E-state index contributed by atoms with van der Waals surface area (Å²) in [7, 11) is 0. The van der Waals surface area contributed by atoms with Crippen LogP contribution < -0.4 is 5.32 Å². The summed E-state index contributed by atoms with van der Waals surface area (Å²) < 4.78 is 0. The summed E-state index contributed by atoms with van der Waals surface area (Å²) in [5.41, 5.74) is 2.30. The number of hydrogen-bond acceptors (Lipinski definition) is 5. The van der Waals surface area contributed by atoms with E-state index < -0.39 is 0 Å². The van der Waals surface area contributed by atoms with Crippen molar-refractivity contribution < 1.29 is 0 Å². The predicted molar refractivity (Wildman–Crippen MR) is 63.4 cm³/mol. The Bertz CT molecular complexity index is 463. The van der Waals surface area contributed by atoms with Gasteiger partial charge in [0.25, 0.3) is 0 Å². The molecule has 0 saturated heterocycles. The Morgan fingerprint density at radius 2 is 2.33 bits per heavy atom. The van der Waals surface area contributed by atoms with Gasteiger partial charge in [-0.1, -0.05) is 0 Å². The number of nitrogens with zero attached hydrogens (tertiary/aromatic N) is 2. The molecule has 0 fully saturated rings. The van der Waals surface area contributed by atoms with Gasteiger partial charge in [-0.25, -0.2) is 9.97 Å². The lowest BCUT2D eigenvalue weighted by atomic mass is 10.2. The van der Waals surface area contributed by atoms with E-state index in [0.29, 0.717) is 0 Å². The van der Waals surface area contributed by atoms with Crippen LogP contribution >= 0.6 is 22.7 Å². The molecule has 0 aliphatic carbocycles. The van der Waals surface area contributed by atoms with Crippen LogP contribution in [0.25, 0.3) is 10.7 Å². The molecular formula is C10H11N3S2. The van der Waals surface area contributed by atoms with Gasteiger partial charge < -0.3 is 5.32 Å². The maximum absolute atomic E-state index is 4.66. The van der Waals surface area contributed by atoms with Gasteiger partial charge in [0.2, 0.25) is 0 Å². The molecule has 3 nitrogen and oxygen atoms in total. The summed E-state index contributed by atoms with van der Waals surface area (Å²) in [6.07, 6.45) is 1.05. The molecule has 5 heteroatoms. The molecule has 78 valence electrons. The first kappa shape index (κ1) is 9.45. The first-order chi connectivity index (χ1) is 7.33. The molecule has 2 aromatic rings. The van der Waals surface area contributed by atoms with Crippen LogP contribution in [0.2, 0.25) is 0 Å². The Hall–Kier alpha value is -0.780. The van der Waals surface area contributed by atoms with Gasteiger partial charge in [0.05, 0.1) is 10.7 Å². The standard InChI is InChI=1S/C10H11N3S2/c1-6-12-8(5-14-6)10-13-7-2-3-11-4-9(7)15-10/h5,11H,2-4H2,1H3. The van der Waals surface area contributed by atoms with Gasteiger partial charge in [0.15, 0.2) is 0 Å². The van der Waals surface area contributed by atoms with E-state index in [4.69, 9.17) is 0 Å². The molecule has 0 unspecified atom stereocenters. The van der Waals surface area contributed by atoms with E-state index in [1.807, 2.05) is 6.92 Å². The molecule has 0 radical (unpaired) electrons. The van der Waals surface area contributed by atoms with Gasteiger partial charge >= 0.3 is 0 Å². The van der Waals surface area contributed by atoms with Gasteiger partial charge in [-0.2, -0.15) is 0 Å². The van der Waals surface area contributed by atoms with Crippen LogP contribution in [0, 0.1) is 6.92 Å². The molecule has 0 spiro atoms. The van der Waals surface area contributed by atoms with Crippen LogP contribution in [0.5, 0.6) is 0 Å². The predicted octanol–water partition coefficient (Wildman–Crippen LogP) is 2.22. The summed E-state index contributed by atoms with van der Waals surface area (Å²) in [6, 6.07) is 0. The summed E-state index contributed by atoms with van der Waals surface area (Å²) in [5, 5.41) is 7.64. The largest absolute Gasteiger partial charge is 0.311 e. The Kier molecular flexibility index (Phi) is 2.31. The van der Waals surface area contributed by atoms with Crippen molar-refractivity contribution in [1.29, 1.82) is 0 Å². The highest BCUT2D eigenvalue weighted by Crippen LogP contribution is 2.30. The zero-order valence-corrected chi connectivity index (χ0v) is 10.0. The van der Waals surface area contributed by atoms with E-state index in [2.05, 4.69) is 20.7 Å². The Morgan fingerprint density at radius 1 is 1.40 bits per heavy atom. The van der Waals surface area contributed by atoms with Crippen LogP contribution in [0.1, 0.15) is 15.6 Å². The second-order valence-electron chi connectivity index (χ2n) is 3.57. The summed E-state index contributed by atoms with van der Waals surface area (Å²) in [5.74, 6) is 0. The summed E-state index contributed by atoms with van der Waals surface area (Å²) >= 11 is 3.46. The van der Waals surface area contributed by atoms with Gasteiger partial charge in [-0.3, -0.25) is 0 Å². The normalized spacial score (nSPS) is 15.3. The average Bonchev–Trinajstić information content (AvgIpc) is 2.82. The lowest BCUT2D eigenvalue weighted by Crippen LogP contribution is -2.22. The van der Waals surface area contributed by atoms with Gasteiger partial charge in [-0.05, 0) is 6.92 Å². The van der Waals surface area contributed by atoms with Crippen molar-refractivity contribution in [3.8, 4) is 10.7 Å². The highest BCUT2D eigenvalue weighted by molar-refractivity contribution is 7.15. The lowest BCUT2D eigenvalue weighted by molar-refractivity contribution is 0.644. The molecule has 3 heterocycles. The van der Waals surface area contributed by atoms with Crippen LogP contribution in [0.3, 0.4) is 0 Å². The highest BCUT2D eigenvalue weighted by atomic mass is 32.1. The van der Waals surface area contributed by atoms with Crippen molar-refractivity contribution in [3.63, 3.8) is 0 Å². The molecule has 0 aromatic carbocycles. The summed E-state index contributed by atoms with van der Waals surface area (Å²) in [6.45, 7) is 4.05. The maximum atomic E-state index is 4.66. The molecule has 0 atom stereocenters. The number of rotatable bonds is 1. The van der Waals surface area contributed by atoms with E-state index in [1.54, 1.807) is 22.7 Å². The minimum absolute atomic E-state index is 0.968. The zero-order chi connectivity index (χ0) is 10.3. The monoisotopic (exact) mass is 237 g/mol. The van der Waals surface area contributed by atoms with Crippen molar-refractivity contribution in [1.82, 2.24) is 15.3 Å². The minimum Gasteiger partial charge on any atom is -0.311 e. The SMILES string of the molecule is Cc1nc(-c2nc3c(s2)CNCC3)cs1. The van der Waals surface area contributed by atoms with E-state index in [-0.39, 0.29) is 0 Å². The molecule has 0 saturated carbocycles. The molecule has 3 rings (SSSR count). The van der Waals surface area contributed by atoms with Crippen LogP contribution in [0.15, 0.2) is 5.38 Å². The second-order valence-corrected chi connectivity index (χ2v) is 5.71. The molecule has 1 N–H and O–H groups in total. The molecule has 0 bridgehead atoms. The van der Waals surface area contributed by atoms with Crippen molar-refractivity contribution in [2.45, 2.75) is 19.9 Å². The first-order valence-corrected chi connectivity index (χ1v) is 6.64. The number of aromatic nitrogens is 2. The third-order valence-electron chi connectivity index (χ3n) is 2.44. The van der Waals surface area contributed by atoms with E-state index in [0.717, 1.165) is 35.2 Å². The van der Waals surface area contributed by atoms with Crippen molar-refractivity contribution >= 4 is 22.7 Å². The molecule has 0 amide bonds. The molecule has 1 aliphatic heterocycles. The topological polar surface area (TPSA) is 37.8 Å². The molecule has 15 heavy (non-hydrogen) atoms. The third-order valence-corrected chi connectivity index (χ3v) is 4.33. The lowest BCUT2D eigenvalue weighted by Gasteiger charge is -2.09. The zero-order valence-electron chi connectivity index (χ0n) is 8.41. The van der Waals surface area contributed by atoms with Gasteiger partial charge in [-0.15, -0.1) is 22.7 Å². The van der Waals surface area contributed by atoms with Crippen molar-refractivity contribution in [3.05, 3.63) is 21.0 Å². The van der Waals surface area contributed by atoms with E-state index in [9.17, 15) is 0 Å². The number of thiazole rings is 2. The fraction of sp³-hybridized carbons (Fsp3) is 0.400. The highest BCUT2D eigenvalue weighted by Gasteiger charge is 2.16. The average molecular weight is 237 g/mol. The van der Waals surface area contributed by atoms with E-state index >= 15 is 0 Å². The quantitative estimate of drug-likeness (QED) is 0.826. The first-order valence-electron chi connectivity index (χ1n) is 4.95. The number of nitrogens with one attached hydrogen (secondary N) is 1. The number of aryl methyl sites for hydroxylation is 1. The van der Waals surface area contributed by atoms with Crippen LogP contribution in [-0.4, -0.2) is 16.5 Å². The fourth-order valence-corrected chi connectivity index (χ4v) is 3.41. The Morgan fingerprint density at radius 3 is 3.07 bits per heavy atom.